The minimum Gasteiger partial charge on any atom is -0.342 e. The van der Waals surface area contributed by atoms with Crippen LogP contribution in [0, 0.1) is 18.8 Å². The molecule has 0 aliphatic carbocycles. The van der Waals surface area contributed by atoms with E-state index in [1.807, 2.05) is 0 Å². The van der Waals surface area contributed by atoms with Gasteiger partial charge in [-0.3, -0.25) is 4.79 Å². The molecule has 1 saturated heterocycles. The number of benzene rings is 1. The van der Waals surface area contributed by atoms with Crippen molar-refractivity contribution in [2.75, 3.05) is 13.1 Å². The molecule has 0 spiro atoms. The lowest BCUT2D eigenvalue weighted by Gasteiger charge is -2.35. The van der Waals surface area contributed by atoms with Gasteiger partial charge in [0.1, 0.15) is 0 Å². The Bertz CT molecular complexity index is 413. The number of carbonyl (C=O) groups is 1. The first-order valence-corrected chi connectivity index (χ1v) is 7.38. The molecule has 1 aromatic carbocycles. The Hall–Kier alpha value is -1.31. The number of carbonyl (C=O) groups excluding carboxylic acids is 1. The van der Waals surface area contributed by atoms with Crippen LogP contribution in [-0.4, -0.2) is 23.9 Å². The second-order valence-electron chi connectivity index (χ2n) is 6.23. The van der Waals surface area contributed by atoms with E-state index in [0.29, 0.717) is 24.2 Å². The third-order valence-corrected chi connectivity index (χ3v) is 3.97. The lowest BCUT2D eigenvalue weighted by Crippen LogP contribution is -2.42. The van der Waals surface area contributed by atoms with Gasteiger partial charge in [-0.1, -0.05) is 43.7 Å². The molecule has 2 heteroatoms. The van der Waals surface area contributed by atoms with Crippen molar-refractivity contribution >= 4 is 5.91 Å². The third kappa shape index (κ3) is 4.09. The molecule has 1 aromatic rings. The number of hydrogen-bond acceptors (Lipinski definition) is 1. The molecule has 0 N–H and O–H groups in total. The van der Waals surface area contributed by atoms with Crippen LogP contribution in [0.4, 0.5) is 0 Å². The minimum atomic E-state index is 0.318. The van der Waals surface area contributed by atoms with E-state index in [0.717, 1.165) is 19.5 Å². The Morgan fingerprint density at radius 3 is 2.32 bits per heavy atom. The Kier molecular flexibility index (Phi) is 4.62. The van der Waals surface area contributed by atoms with E-state index in [-0.39, 0.29) is 0 Å². The number of aryl methyl sites for hydroxylation is 2. The van der Waals surface area contributed by atoms with Gasteiger partial charge in [-0.15, -0.1) is 0 Å². The summed E-state index contributed by atoms with van der Waals surface area (Å²) in [5.41, 5.74) is 2.53. The predicted molar refractivity (Wildman–Crippen MR) is 79.0 cm³/mol. The first-order chi connectivity index (χ1) is 9.04. The molecule has 1 fully saturated rings. The van der Waals surface area contributed by atoms with Crippen LogP contribution < -0.4 is 0 Å². The molecule has 0 radical (unpaired) electrons. The number of amides is 1. The highest BCUT2D eigenvalue weighted by molar-refractivity contribution is 5.76. The van der Waals surface area contributed by atoms with Gasteiger partial charge in [-0.2, -0.15) is 0 Å². The lowest BCUT2D eigenvalue weighted by atomic mass is 9.91. The fourth-order valence-corrected chi connectivity index (χ4v) is 3.03. The highest BCUT2D eigenvalue weighted by Crippen LogP contribution is 2.21. The number of hydrogen-bond donors (Lipinski definition) is 0. The average Bonchev–Trinajstić information content (AvgIpc) is 2.36. The van der Waals surface area contributed by atoms with E-state index >= 15 is 0 Å². The molecule has 0 aromatic heterocycles. The summed E-state index contributed by atoms with van der Waals surface area (Å²) in [4.78, 5) is 14.3. The zero-order valence-electron chi connectivity index (χ0n) is 12.4. The molecule has 0 saturated carbocycles. The van der Waals surface area contributed by atoms with E-state index in [4.69, 9.17) is 0 Å². The first-order valence-electron chi connectivity index (χ1n) is 7.38. The second-order valence-corrected chi connectivity index (χ2v) is 6.23. The molecule has 1 aliphatic rings. The van der Waals surface area contributed by atoms with Crippen LogP contribution in [0.5, 0.6) is 0 Å². The molecule has 19 heavy (non-hydrogen) atoms. The highest BCUT2D eigenvalue weighted by Gasteiger charge is 2.24. The second kappa shape index (κ2) is 6.23. The van der Waals surface area contributed by atoms with Gasteiger partial charge in [-0.05, 0) is 37.2 Å². The molecule has 1 heterocycles. The molecule has 104 valence electrons. The van der Waals surface area contributed by atoms with Gasteiger partial charge >= 0.3 is 0 Å². The summed E-state index contributed by atoms with van der Waals surface area (Å²) in [6, 6.07) is 8.49. The Morgan fingerprint density at radius 1 is 1.16 bits per heavy atom. The summed E-state index contributed by atoms with van der Waals surface area (Å²) in [5, 5.41) is 0. The molecule has 0 bridgehead atoms. The van der Waals surface area contributed by atoms with Crippen molar-refractivity contribution in [1.29, 1.82) is 0 Å². The van der Waals surface area contributed by atoms with Crippen molar-refractivity contribution in [3.63, 3.8) is 0 Å². The summed E-state index contributed by atoms with van der Waals surface area (Å²) in [6.07, 6.45) is 2.75. The van der Waals surface area contributed by atoms with E-state index in [1.165, 1.54) is 17.5 Å². The maximum atomic E-state index is 12.3. The zero-order valence-corrected chi connectivity index (χ0v) is 12.4. The van der Waals surface area contributed by atoms with Gasteiger partial charge in [0.15, 0.2) is 0 Å². The highest BCUT2D eigenvalue weighted by atomic mass is 16.2. The maximum Gasteiger partial charge on any atom is 0.222 e. The Balaban J connectivity index is 1.85. The van der Waals surface area contributed by atoms with E-state index in [9.17, 15) is 4.79 Å². The standard InChI is InChI=1S/C17H25NO/c1-13-4-6-16(7-5-13)8-9-17(19)18-11-14(2)10-15(3)12-18/h4-7,14-15H,8-12H2,1-3H3. The van der Waals surface area contributed by atoms with Crippen molar-refractivity contribution in [1.82, 2.24) is 4.90 Å². The maximum absolute atomic E-state index is 12.3. The van der Waals surface area contributed by atoms with Crippen LogP contribution >= 0.6 is 0 Å². The van der Waals surface area contributed by atoms with Crippen LogP contribution in [0.25, 0.3) is 0 Å². The van der Waals surface area contributed by atoms with Gasteiger partial charge in [0, 0.05) is 19.5 Å². The van der Waals surface area contributed by atoms with Crippen LogP contribution in [-0.2, 0) is 11.2 Å². The summed E-state index contributed by atoms with van der Waals surface area (Å²) in [6.45, 7) is 8.46. The van der Waals surface area contributed by atoms with Gasteiger partial charge in [-0.25, -0.2) is 0 Å². The van der Waals surface area contributed by atoms with E-state index < -0.39 is 0 Å². The van der Waals surface area contributed by atoms with Crippen molar-refractivity contribution in [3.8, 4) is 0 Å². The fourth-order valence-electron chi connectivity index (χ4n) is 3.03. The summed E-state index contributed by atoms with van der Waals surface area (Å²) >= 11 is 0. The van der Waals surface area contributed by atoms with Crippen LogP contribution in [0.3, 0.4) is 0 Å². The monoisotopic (exact) mass is 259 g/mol. The van der Waals surface area contributed by atoms with Crippen molar-refractivity contribution in [2.24, 2.45) is 11.8 Å². The number of nitrogens with zero attached hydrogens (tertiary/aromatic N) is 1. The molecule has 1 amide bonds. The van der Waals surface area contributed by atoms with Crippen LogP contribution in [0.2, 0.25) is 0 Å². The minimum absolute atomic E-state index is 0.318. The fraction of sp³-hybridized carbons (Fsp3) is 0.588. The number of rotatable bonds is 3. The quantitative estimate of drug-likeness (QED) is 0.814. The van der Waals surface area contributed by atoms with E-state index in [2.05, 4.69) is 49.9 Å². The summed E-state index contributed by atoms with van der Waals surface area (Å²) < 4.78 is 0. The van der Waals surface area contributed by atoms with Crippen molar-refractivity contribution in [2.45, 2.75) is 40.0 Å². The number of likely N-dealkylation sites (tertiary alicyclic amines) is 1. The van der Waals surface area contributed by atoms with Crippen molar-refractivity contribution in [3.05, 3.63) is 35.4 Å². The molecule has 1 aliphatic heterocycles. The Labute approximate surface area is 116 Å². The Morgan fingerprint density at radius 2 is 1.74 bits per heavy atom. The van der Waals surface area contributed by atoms with Crippen LogP contribution in [0.1, 0.15) is 37.8 Å². The van der Waals surface area contributed by atoms with Gasteiger partial charge in [0.25, 0.3) is 0 Å². The SMILES string of the molecule is Cc1ccc(CCC(=O)N2CC(C)CC(C)C2)cc1. The zero-order chi connectivity index (χ0) is 13.8. The smallest absolute Gasteiger partial charge is 0.222 e. The normalized spacial score (nSPS) is 23.4. The lowest BCUT2D eigenvalue weighted by molar-refractivity contribution is -0.133. The van der Waals surface area contributed by atoms with Crippen LogP contribution in [0.15, 0.2) is 24.3 Å². The van der Waals surface area contributed by atoms with E-state index in [1.54, 1.807) is 0 Å². The number of piperidine rings is 1. The largest absolute Gasteiger partial charge is 0.342 e. The topological polar surface area (TPSA) is 20.3 Å². The average molecular weight is 259 g/mol. The van der Waals surface area contributed by atoms with Gasteiger partial charge < -0.3 is 4.90 Å². The molecular formula is C17H25NO. The van der Waals surface area contributed by atoms with Gasteiger partial charge in [0.2, 0.25) is 5.91 Å². The van der Waals surface area contributed by atoms with Gasteiger partial charge in [0.05, 0.1) is 0 Å². The first kappa shape index (κ1) is 14.1. The van der Waals surface area contributed by atoms with Crippen molar-refractivity contribution < 1.29 is 4.79 Å². The third-order valence-electron chi connectivity index (χ3n) is 3.97. The molecule has 2 atom stereocenters. The molecular weight excluding hydrogens is 234 g/mol. The summed E-state index contributed by atoms with van der Waals surface area (Å²) in [5.74, 6) is 1.61. The summed E-state index contributed by atoms with van der Waals surface area (Å²) in [7, 11) is 0. The molecule has 2 rings (SSSR count). The molecule has 2 nitrogen and oxygen atoms in total. The predicted octanol–water partition coefficient (Wildman–Crippen LogP) is 3.43. The molecule has 2 unspecified atom stereocenters.